The van der Waals surface area contributed by atoms with Gasteiger partial charge in [0.2, 0.25) is 23.6 Å². The maximum atomic E-state index is 13.3. The first-order valence-corrected chi connectivity index (χ1v) is 11.9. The number of hydrogen-bond acceptors (Lipinski definition) is 7. The molecule has 0 aromatic rings. The first-order chi connectivity index (χ1) is 16.0. The van der Waals surface area contributed by atoms with Gasteiger partial charge in [0.1, 0.15) is 18.1 Å². The SMILES string of the molecule is CC(C)CC(N)C(=O)NC(CCC(N)=O)C(=O)N1CCCC1C(=O)NC(CCCCN)C(=O)O. The molecule has 1 aliphatic rings. The van der Waals surface area contributed by atoms with Gasteiger partial charge in [0, 0.05) is 13.0 Å². The molecule has 4 unspecified atom stereocenters. The summed E-state index contributed by atoms with van der Waals surface area (Å²) in [6.45, 7) is 4.51. The van der Waals surface area contributed by atoms with Crippen molar-refractivity contribution in [1.29, 1.82) is 0 Å². The summed E-state index contributed by atoms with van der Waals surface area (Å²) in [5, 5.41) is 14.6. The van der Waals surface area contributed by atoms with Crippen LogP contribution < -0.4 is 27.8 Å². The van der Waals surface area contributed by atoms with Gasteiger partial charge in [-0.15, -0.1) is 0 Å². The van der Waals surface area contributed by atoms with Gasteiger partial charge in [-0.2, -0.15) is 0 Å². The van der Waals surface area contributed by atoms with Crippen LogP contribution in [0.3, 0.4) is 0 Å². The third-order valence-corrected chi connectivity index (χ3v) is 5.76. The van der Waals surface area contributed by atoms with Crippen molar-refractivity contribution in [3.05, 3.63) is 0 Å². The molecule has 1 aliphatic heterocycles. The molecular weight excluding hydrogens is 444 g/mol. The van der Waals surface area contributed by atoms with Crippen LogP contribution in [-0.4, -0.2) is 76.9 Å². The lowest BCUT2D eigenvalue weighted by atomic mass is 10.0. The molecule has 4 amide bonds. The van der Waals surface area contributed by atoms with Crippen molar-refractivity contribution in [1.82, 2.24) is 15.5 Å². The fraction of sp³-hybridized carbons (Fsp3) is 0.773. The predicted molar refractivity (Wildman–Crippen MR) is 125 cm³/mol. The lowest BCUT2D eigenvalue weighted by molar-refractivity contribution is -0.145. The van der Waals surface area contributed by atoms with E-state index in [0.29, 0.717) is 38.6 Å². The Morgan fingerprint density at radius 2 is 1.74 bits per heavy atom. The Morgan fingerprint density at radius 1 is 1.06 bits per heavy atom. The number of nitrogens with two attached hydrogens (primary N) is 3. The highest BCUT2D eigenvalue weighted by molar-refractivity contribution is 5.94. The quantitative estimate of drug-likeness (QED) is 0.155. The van der Waals surface area contributed by atoms with Crippen LogP contribution in [0.1, 0.15) is 65.2 Å². The van der Waals surface area contributed by atoms with E-state index in [9.17, 15) is 29.1 Å². The minimum Gasteiger partial charge on any atom is -0.480 e. The number of amides is 4. The number of aliphatic carboxylic acids is 1. The number of nitrogens with one attached hydrogen (secondary N) is 2. The molecule has 1 rings (SSSR count). The molecule has 0 spiro atoms. The number of rotatable bonds is 15. The van der Waals surface area contributed by atoms with Gasteiger partial charge >= 0.3 is 5.97 Å². The van der Waals surface area contributed by atoms with Gasteiger partial charge in [0.15, 0.2) is 0 Å². The Bertz CT molecular complexity index is 731. The fourth-order valence-corrected chi connectivity index (χ4v) is 3.96. The summed E-state index contributed by atoms with van der Waals surface area (Å²) in [4.78, 5) is 62.9. The molecule has 0 aliphatic carbocycles. The summed E-state index contributed by atoms with van der Waals surface area (Å²) in [6, 6.07) is -3.87. The Hall–Kier alpha value is -2.73. The number of nitrogens with zero attached hydrogens (tertiary/aromatic N) is 1. The first kappa shape index (κ1) is 29.3. The van der Waals surface area contributed by atoms with Crippen LogP contribution in [0, 0.1) is 5.92 Å². The lowest BCUT2D eigenvalue weighted by Gasteiger charge is -2.30. The van der Waals surface area contributed by atoms with E-state index < -0.39 is 53.8 Å². The molecule has 194 valence electrons. The molecule has 12 heteroatoms. The van der Waals surface area contributed by atoms with E-state index in [4.69, 9.17) is 17.2 Å². The van der Waals surface area contributed by atoms with Crippen LogP contribution in [0.2, 0.25) is 0 Å². The summed E-state index contributed by atoms with van der Waals surface area (Å²) in [5.74, 6) is -3.24. The number of carboxylic acid groups (broad SMARTS) is 1. The van der Waals surface area contributed by atoms with Gasteiger partial charge in [-0.1, -0.05) is 13.8 Å². The average Bonchev–Trinajstić information content (AvgIpc) is 3.24. The number of primary amides is 1. The van der Waals surface area contributed by atoms with Crippen molar-refractivity contribution in [2.45, 2.75) is 89.4 Å². The normalized spacial score (nSPS) is 18.3. The topological polar surface area (TPSA) is 211 Å². The van der Waals surface area contributed by atoms with Gasteiger partial charge in [-0.3, -0.25) is 19.2 Å². The zero-order chi connectivity index (χ0) is 25.8. The summed E-state index contributed by atoms with van der Waals surface area (Å²) in [5.41, 5.74) is 16.6. The van der Waals surface area contributed by atoms with E-state index in [0.717, 1.165) is 0 Å². The molecule has 34 heavy (non-hydrogen) atoms. The third-order valence-electron chi connectivity index (χ3n) is 5.76. The molecule has 0 aromatic carbocycles. The fourth-order valence-electron chi connectivity index (χ4n) is 3.96. The van der Waals surface area contributed by atoms with Crippen molar-refractivity contribution in [2.75, 3.05) is 13.1 Å². The van der Waals surface area contributed by atoms with Crippen LogP contribution in [0.15, 0.2) is 0 Å². The van der Waals surface area contributed by atoms with E-state index >= 15 is 0 Å². The molecule has 0 aromatic heterocycles. The van der Waals surface area contributed by atoms with E-state index in [1.807, 2.05) is 13.8 Å². The first-order valence-electron chi connectivity index (χ1n) is 11.9. The largest absolute Gasteiger partial charge is 0.480 e. The number of carbonyl (C=O) groups excluding carboxylic acids is 4. The van der Waals surface area contributed by atoms with Crippen LogP contribution >= 0.6 is 0 Å². The lowest BCUT2D eigenvalue weighted by Crippen LogP contribution is -2.57. The van der Waals surface area contributed by atoms with E-state index in [1.54, 1.807) is 0 Å². The van der Waals surface area contributed by atoms with Crippen molar-refractivity contribution in [3.8, 4) is 0 Å². The van der Waals surface area contributed by atoms with Crippen molar-refractivity contribution in [2.24, 2.45) is 23.1 Å². The summed E-state index contributed by atoms with van der Waals surface area (Å²) < 4.78 is 0. The molecule has 4 atom stereocenters. The second-order valence-corrected chi connectivity index (χ2v) is 9.18. The number of carboxylic acids is 1. The Labute approximate surface area is 200 Å². The summed E-state index contributed by atoms with van der Waals surface area (Å²) in [6.07, 6.45) is 2.54. The zero-order valence-electron chi connectivity index (χ0n) is 20.1. The zero-order valence-corrected chi connectivity index (χ0v) is 20.1. The van der Waals surface area contributed by atoms with Crippen LogP contribution in [0.5, 0.6) is 0 Å². The maximum Gasteiger partial charge on any atom is 0.326 e. The average molecular weight is 485 g/mol. The summed E-state index contributed by atoms with van der Waals surface area (Å²) >= 11 is 0. The highest BCUT2D eigenvalue weighted by Gasteiger charge is 2.39. The molecule has 1 heterocycles. The molecule has 0 saturated carbocycles. The molecule has 9 N–H and O–H groups in total. The van der Waals surface area contributed by atoms with Gasteiger partial charge in [-0.05, 0) is 57.4 Å². The molecule has 1 saturated heterocycles. The second kappa shape index (κ2) is 14.5. The maximum absolute atomic E-state index is 13.3. The van der Waals surface area contributed by atoms with Gasteiger partial charge < -0.3 is 37.8 Å². The molecular formula is C22H40N6O6. The Morgan fingerprint density at radius 3 is 2.29 bits per heavy atom. The number of unbranched alkanes of at least 4 members (excludes halogenated alkanes) is 1. The minimum atomic E-state index is -1.16. The highest BCUT2D eigenvalue weighted by Crippen LogP contribution is 2.20. The van der Waals surface area contributed by atoms with Gasteiger partial charge in [-0.25, -0.2) is 4.79 Å². The van der Waals surface area contributed by atoms with Crippen molar-refractivity contribution in [3.63, 3.8) is 0 Å². The smallest absolute Gasteiger partial charge is 0.326 e. The molecule has 0 bridgehead atoms. The molecule has 12 nitrogen and oxygen atoms in total. The molecule has 1 fully saturated rings. The Kier molecular flexibility index (Phi) is 12.5. The monoisotopic (exact) mass is 484 g/mol. The Balaban J connectivity index is 2.93. The van der Waals surface area contributed by atoms with Gasteiger partial charge in [0.25, 0.3) is 0 Å². The third kappa shape index (κ3) is 9.64. The van der Waals surface area contributed by atoms with Crippen molar-refractivity contribution < 1.29 is 29.1 Å². The number of likely N-dealkylation sites (tertiary alicyclic amines) is 1. The minimum absolute atomic E-state index is 0.0318. The van der Waals surface area contributed by atoms with E-state index in [-0.39, 0.29) is 31.7 Å². The van der Waals surface area contributed by atoms with Crippen LogP contribution in [0.4, 0.5) is 0 Å². The van der Waals surface area contributed by atoms with Crippen LogP contribution in [0.25, 0.3) is 0 Å². The predicted octanol–water partition coefficient (Wildman–Crippen LogP) is -1.20. The highest BCUT2D eigenvalue weighted by atomic mass is 16.4. The second-order valence-electron chi connectivity index (χ2n) is 9.18. The van der Waals surface area contributed by atoms with Gasteiger partial charge in [0.05, 0.1) is 6.04 Å². The standard InChI is InChI=1S/C22H40N6O6/c1-13(2)12-14(24)19(30)26-15(8-9-18(25)29)21(32)28-11-5-7-17(28)20(31)27-16(22(33)34)6-3-4-10-23/h13-17H,3-12,23-24H2,1-2H3,(H2,25,29)(H,26,30)(H,27,31)(H,33,34). The van der Waals surface area contributed by atoms with Crippen molar-refractivity contribution >= 4 is 29.6 Å². The van der Waals surface area contributed by atoms with E-state index in [1.165, 1.54) is 4.90 Å². The summed E-state index contributed by atoms with van der Waals surface area (Å²) in [7, 11) is 0. The van der Waals surface area contributed by atoms with E-state index in [2.05, 4.69) is 10.6 Å². The molecule has 0 radical (unpaired) electrons. The van der Waals surface area contributed by atoms with Crippen LogP contribution in [-0.2, 0) is 24.0 Å². The number of carbonyl (C=O) groups is 5. The number of hydrogen-bond donors (Lipinski definition) is 6.